The molecule has 0 aliphatic carbocycles. The first-order valence-electron chi connectivity index (χ1n) is 8.26. The molecule has 4 nitrogen and oxygen atoms in total. The Morgan fingerprint density at radius 2 is 1.85 bits per heavy atom. The van der Waals surface area contributed by atoms with Gasteiger partial charge in [-0.3, -0.25) is 9.78 Å². The normalized spacial score (nSPS) is 10.6. The number of hydrogen-bond acceptors (Lipinski definition) is 3. The van der Waals surface area contributed by atoms with Crippen LogP contribution in [0.3, 0.4) is 0 Å². The first-order chi connectivity index (χ1) is 12.7. The van der Waals surface area contributed by atoms with Crippen molar-refractivity contribution in [3.05, 3.63) is 83.6 Å². The minimum Gasteiger partial charge on any atom is -0.322 e. The number of aromatic nitrogens is 1. The first-order valence-corrected chi connectivity index (χ1v) is 8.26. The molecule has 1 aromatic heterocycles. The highest BCUT2D eigenvalue weighted by atomic mass is 16.1. The number of carbonyl (C=O) groups excluding carboxylic acids is 1. The van der Waals surface area contributed by atoms with E-state index in [1.54, 1.807) is 18.3 Å². The number of nitrogens with zero attached hydrogens (tertiary/aromatic N) is 2. The fourth-order valence-electron chi connectivity index (χ4n) is 3.12. The third kappa shape index (κ3) is 2.66. The topological polar surface area (TPSA) is 65.8 Å². The maximum atomic E-state index is 13.0. The minimum absolute atomic E-state index is 0.238. The van der Waals surface area contributed by atoms with Gasteiger partial charge in [-0.1, -0.05) is 36.4 Å². The summed E-state index contributed by atoms with van der Waals surface area (Å²) in [5.41, 5.74) is 3.22. The number of amides is 1. The summed E-state index contributed by atoms with van der Waals surface area (Å²) in [5.74, 6) is -0.238. The molecule has 3 aromatic carbocycles. The average Bonchev–Trinajstić information content (AvgIpc) is 2.69. The van der Waals surface area contributed by atoms with Crippen LogP contribution in [0.4, 0.5) is 5.69 Å². The summed E-state index contributed by atoms with van der Waals surface area (Å²) in [4.78, 5) is 17.4. The number of rotatable bonds is 2. The van der Waals surface area contributed by atoms with Gasteiger partial charge in [0.05, 0.1) is 22.7 Å². The summed E-state index contributed by atoms with van der Waals surface area (Å²) < 4.78 is 0. The number of nitriles is 1. The summed E-state index contributed by atoms with van der Waals surface area (Å²) in [7, 11) is 0. The maximum absolute atomic E-state index is 13.0. The van der Waals surface area contributed by atoms with E-state index in [1.807, 2.05) is 55.5 Å². The van der Waals surface area contributed by atoms with Crippen LogP contribution in [0, 0.1) is 18.3 Å². The van der Waals surface area contributed by atoms with Crippen LogP contribution in [0.5, 0.6) is 0 Å². The summed E-state index contributed by atoms with van der Waals surface area (Å²) in [6.07, 6.45) is 1.69. The van der Waals surface area contributed by atoms with Gasteiger partial charge in [-0.05, 0) is 47.5 Å². The van der Waals surface area contributed by atoms with E-state index in [1.165, 1.54) is 0 Å². The number of nitrogens with one attached hydrogen (secondary N) is 1. The van der Waals surface area contributed by atoms with E-state index >= 15 is 0 Å². The SMILES string of the molecule is Cc1ccc(C#N)cc1NC(=O)c1cc2ccccc2c2cccnc12. The highest BCUT2D eigenvalue weighted by molar-refractivity contribution is 6.18. The molecule has 1 N–H and O–H groups in total. The van der Waals surface area contributed by atoms with Gasteiger partial charge < -0.3 is 5.32 Å². The fraction of sp³-hybridized carbons (Fsp3) is 0.0455. The molecule has 4 rings (SSSR count). The second-order valence-electron chi connectivity index (χ2n) is 6.14. The van der Waals surface area contributed by atoms with Gasteiger partial charge in [0.15, 0.2) is 0 Å². The van der Waals surface area contributed by atoms with Gasteiger partial charge >= 0.3 is 0 Å². The lowest BCUT2D eigenvalue weighted by Crippen LogP contribution is -2.14. The third-order valence-electron chi connectivity index (χ3n) is 4.47. The zero-order chi connectivity index (χ0) is 18.1. The van der Waals surface area contributed by atoms with Gasteiger partial charge in [-0.2, -0.15) is 5.26 Å². The largest absolute Gasteiger partial charge is 0.322 e. The van der Waals surface area contributed by atoms with E-state index in [0.717, 1.165) is 21.7 Å². The molecule has 4 aromatic rings. The van der Waals surface area contributed by atoms with Gasteiger partial charge in [0.25, 0.3) is 5.91 Å². The Morgan fingerprint density at radius 3 is 2.69 bits per heavy atom. The zero-order valence-electron chi connectivity index (χ0n) is 14.2. The highest BCUT2D eigenvalue weighted by Crippen LogP contribution is 2.28. The van der Waals surface area contributed by atoms with Crippen molar-refractivity contribution in [2.45, 2.75) is 6.92 Å². The molecular formula is C22H15N3O. The van der Waals surface area contributed by atoms with Crippen LogP contribution in [0.15, 0.2) is 66.9 Å². The molecule has 1 amide bonds. The van der Waals surface area contributed by atoms with Gasteiger partial charge in [0.2, 0.25) is 0 Å². The van der Waals surface area contributed by atoms with E-state index in [2.05, 4.69) is 16.4 Å². The predicted molar refractivity (Wildman–Crippen MR) is 103 cm³/mol. The molecule has 1 heterocycles. The van der Waals surface area contributed by atoms with Gasteiger partial charge in [-0.25, -0.2) is 0 Å². The summed E-state index contributed by atoms with van der Waals surface area (Å²) in [6.45, 7) is 1.90. The molecule has 124 valence electrons. The average molecular weight is 337 g/mol. The molecule has 0 aliphatic rings. The number of pyridine rings is 1. The molecule has 0 aliphatic heterocycles. The molecule has 0 unspecified atom stereocenters. The quantitative estimate of drug-likeness (QED) is 0.533. The van der Waals surface area contributed by atoms with Crippen molar-refractivity contribution in [2.24, 2.45) is 0 Å². The van der Waals surface area contributed by atoms with Crippen LogP contribution < -0.4 is 5.32 Å². The summed E-state index contributed by atoms with van der Waals surface area (Å²) in [6, 6.07) is 21.0. The molecule has 26 heavy (non-hydrogen) atoms. The second-order valence-corrected chi connectivity index (χ2v) is 6.14. The Labute approximate surface area is 150 Å². The van der Waals surface area contributed by atoms with Crippen molar-refractivity contribution in [1.29, 1.82) is 5.26 Å². The number of hydrogen-bond donors (Lipinski definition) is 1. The maximum Gasteiger partial charge on any atom is 0.257 e. The van der Waals surface area contributed by atoms with Crippen molar-refractivity contribution in [1.82, 2.24) is 4.98 Å². The minimum atomic E-state index is -0.238. The number of fused-ring (bicyclic) bond motifs is 3. The van der Waals surface area contributed by atoms with Crippen LogP contribution >= 0.6 is 0 Å². The number of benzene rings is 3. The molecule has 0 atom stereocenters. The van der Waals surface area contributed by atoms with E-state index in [4.69, 9.17) is 5.26 Å². The van der Waals surface area contributed by atoms with Gasteiger partial charge in [0.1, 0.15) is 0 Å². The van der Waals surface area contributed by atoms with E-state index < -0.39 is 0 Å². The van der Waals surface area contributed by atoms with E-state index in [9.17, 15) is 4.79 Å². The lowest BCUT2D eigenvalue weighted by Gasteiger charge is -2.12. The van der Waals surface area contributed by atoms with Crippen molar-refractivity contribution in [2.75, 3.05) is 5.32 Å². The number of anilines is 1. The van der Waals surface area contributed by atoms with Crippen LogP contribution in [-0.4, -0.2) is 10.9 Å². The molecule has 0 saturated carbocycles. The van der Waals surface area contributed by atoms with Crippen molar-refractivity contribution in [3.8, 4) is 6.07 Å². The molecule has 0 spiro atoms. The Morgan fingerprint density at radius 1 is 1.04 bits per heavy atom. The lowest BCUT2D eigenvalue weighted by molar-refractivity contribution is 0.102. The van der Waals surface area contributed by atoms with Gasteiger partial charge in [0, 0.05) is 17.3 Å². The van der Waals surface area contributed by atoms with E-state index in [0.29, 0.717) is 22.3 Å². The Balaban J connectivity index is 1.86. The number of aryl methyl sites for hydroxylation is 1. The van der Waals surface area contributed by atoms with Crippen molar-refractivity contribution in [3.63, 3.8) is 0 Å². The Bertz CT molecular complexity index is 1210. The smallest absolute Gasteiger partial charge is 0.257 e. The summed E-state index contributed by atoms with van der Waals surface area (Å²) >= 11 is 0. The number of carbonyl (C=O) groups is 1. The van der Waals surface area contributed by atoms with Crippen LogP contribution in [0.1, 0.15) is 21.5 Å². The highest BCUT2D eigenvalue weighted by Gasteiger charge is 2.15. The van der Waals surface area contributed by atoms with Crippen LogP contribution in [0.2, 0.25) is 0 Å². The second kappa shape index (κ2) is 6.30. The van der Waals surface area contributed by atoms with Gasteiger partial charge in [-0.15, -0.1) is 0 Å². The molecule has 0 bridgehead atoms. The molecular weight excluding hydrogens is 322 g/mol. The Hall–Kier alpha value is -3.71. The zero-order valence-corrected chi connectivity index (χ0v) is 14.2. The van der Waals surface area contributed by atoms with Crippen LogP contribution in [0.25, 0.3) is 21.7 Å². The fourth-order valence-corrected chi connectivity index (χ4v) is 3.12. The Kier molecular flexibility index (Phi) is 3.83. The molecule has 0 fully saturated rings. The van der Waals surface area contributed by atoms with Crippen molar-refractivity contribution >= 4 is 33.3 Å². The summed E-state index contributed by atoms with van der Waals surface area (Å²) in [5, 5.41) is 15.0. The first kappa shape index (κ1) is 15.8. The molecule has 0 radical (unpaired) electrons. The molecule has 4 heteroatoms. The van der Waals surface area contributed by atoms with Crippen molar-refractivity contribution < 1.29 is 4.79 Å². The molecule has 0 saturated heterocycles. The lowest BCUT2D eigenvalue weighted by atomic mass is 10.00. The monoisotopic (exact) mass is 337 g/mol. The van der Waals surface area contributed by atoms with Crippen LogP contribution in [-0.2, 0) is 0 Å². The van der Waals surface area contributed by atoms with E-state index in [-0.39, 0.29) is 5.91 Å². The third-order valence-corrected chi connectivity index (χ3v) is 4.47. The predicted octanol–water partition coefficient (Wildman–Crippen LogP) is 4.82. The standard InChI is InChI=1S/C22H15N3O/c1-14-8-9-15(13-23)11-20(14)25-22(26)19-12-16-5-2-3-6-17(16)18-7-4-10-24-21(18)19/h2-12H,1H3,(H,25,26).